The number of benzene rings is 2. The van der Waals surface area contributed by atoms with Gasteiger partial charge in [-0.1, -0.05) is 36.0 Å². The van der Waals surface area contributed by atoms with E-state index in [2.05, 4.69) is 20.5 Å². The zero-order valence-corrected chi connectivity index (χ0v) is 16.3. The number of aromatic nitrogens is 3. The number of nitrogens with one attached hydrogen (secondary N) is 2. The molecule has 0 radical (unpaired) electrons. The van der Waals surface area contributed by atoms with Crippen LogP contribution in [0.1, 0.15) is 12.5 Å². The van der Waals surface area contributed by atoms with Crippen LogP contribution < -0.4 is 5.32 Å². The standard InChI is InChI=1S/C20H15F3N4O2S/c1-11(17(28)25-13-6-4-5-12(9-13)20(21,22)23)30-19-27-26-18(29-19)15-10-24-16-8-3-2-7-14(15)16/h2-11,24H,1H3,(H,25,28). The molecule has 1 unspecified atom stereocenters. The number of carbonyl (C=O) groups is 1. The van der Waals surface area contributed by atoms with Gasteiger partial charge in [-0.2, -0.15) is 13.2 Å². The van der Waals surface area contributed by atoms with Gasteiger partial charge in [0.2, 0.25) is 5.91 Å². The number of fused-ring (bicyclic) bond motifs is 1. The maximum Gasteiger partial charge on any atom is 0.416 e. The Balaban J connectivity index is 1.44. The Hall–Kier alpha value is -3.27. The van der Waals surface area contributed by atoms with Crippen LogP contribution in [0.3, 0.4) is 0 Å². The maximum atomic E-state index is 12.8. The van der Waals surface area contributed by atoms with Crippen molar-refractivity contribution in [1.29, 1.82) is 0 Å². The number of amides is 1. The average molecular weight is 432 g/mol. The molecule has 0 saturated carbocycles. The minimum atomic E-state index is -4.48. The second kappa shape index (κ2) is 7.86. The topological polar surface area (TPSA) is 83.8 Å². The molecular weight excluding hydrogens is 417 g/mol. The molecule has 4 rings (SSSR count). The van der Waals surface area contributed by atoms with Crippen molar-refractivity contribution >= 4 is 34.3 Å². The lowest BCUT2D eigenvalue weighted by Crippen LogP contribution is -2.22. The molecule has 2 heterocycles. The number of H-pyrrole nitrogens is 1. The summed E-state index contributed by atoms with van der Waals surface area (Å²) >= 11 is 1.02. The van der Waals surface area contributed by atoms with Crippen LogP contribution in [0.2, 0.25) is 0 Å². The number of rotatable bonds is 5. The van der Waals surface area contributed by atoms with Gasteiger partial charge in [-0.3, -0.25) is 4.79 Å². The summed E-state index contributed by atoms with van der Waals surface area (Å²) in [6.07, 6.45) is -2.72. The predicted octanol–water partition coefficient (Wildman–Crippen LogP) is 5.36. The summed E-state index contributed by atoms with van der Waals surface area (Å²) in [5, 5.41) is 10.9. The Labute approximate surface area is 172 Å². The second-order valence-electron chi connectivity index (χ2n) is 6.45. The Morgan fingerprint density at radius 2 is 1.97 bits per heavy atom. The Kier molecular flexibility index (Phi) is 5.25. The molecule has 10 heteroatoms. The minimum Gasteiger partial charge on any atom is -0.411 e. The molecule has 4 aromatic rings. The van der Waals surface area contributed by atoms with E-state index in [1.165, 1.54) is 12.1 Å². The molecule has 0 bridgehead atoms. The Morgan fingerprint density at radius 1 is 1.17 bits per heavy atom. The highest BCUT2D eigenvalue weighted by Crippen LogP contribution is 2.32. The first-order valence-corrected chi connectivity index (χ1v) is 9.74. The van der Waals surface area contributed by atoms with Crippen molar-refractivity contribution in [2.24, 2.45) is 0 Å². The van der Waals surface area contributed by atoms with Gasteiger partial charge >= 0.3 is 6.18 Å². The third-order valence-corrected chi connectivity index (χ3v) is 5.26. The summed E-state index contributed by atoms with van der Waals surface area (Å²) in [4.78, 5) is 15.5. The van der Waals surface area contributed by atoms with Crippen molar-refractivity contribution < 1.29 is 22.4 Å². The van der Waals surface area contributed by atoms with Crippen molar-refractivity contribution in [2.45, 2.75) is 23.6 Å². The quantitative estimate of drug-likeness (QED) is 0.415. The summed E-state index contributed by atoms with van der Waals surface area (Å²) in [6.45, 7) is 1.60. The molecule has 0 aliphatic heterocycles. The van der Waals surface area contributed by atoms with E-state index in [0.717, 1.165) is 40.4 Å². The fourth-order valence-corrected chi connectivity index (χ4v) is 3.52. The number of carbonyl (C=O) groups excluding carboxylic acids is 1. The molecule has 0 aliphatic carbocycles. The number of hydrogen-bond donors (Lipinski definition) is 2. The molecule has 0 saturated heterocycles. The van der Waals surface area contributed by atoms with Gasteiger partial charge < -0.3 is 14.7 Å². The van der Waals surface area contributed by atoms with Gasteiger partial charge in [0.15, 0.2) is 0 Å². The van der Waals surface area contributed by atoms with Crippen LogP contribution in [-0.4, -0.2) is 26.3 Å². The first kappa shape index (κ1) is 20.0. The molecule has 2 aromatic heterocycles. The first-order valence-electron chi connectivity index (χ1n) is 8.86. The van der Waals surface area contributed by atoms with Gasteiger partial charge in [0.05, 0.1) is 16.4 Å². The molecule has 154 valence electrons. The van der Waals surface area contributed by atoms with Crippen molar-refractivity contribution in [1.82, 2.24) is 15.2 Å². The van der Waals surface area contributed by atoms with Gasteiger partial charge in [-0.05, 0) is 31.2 Å². The third-order valence-electron chi connectivity index (χ3n) is 4.33. The van der Waals surface area contributed by atoms with Crippen LogP contribution in [0.15, 0.2) is 64.4 Å². The van der Waals surface area contributed by atoms with E-state index < -0.39 is 22.9 Å². The summed E-state index contributed by atoms with van der Waals surface area (Å²) in [7, 11) is 0. The molecule has 1 atom stereocenters. The molecule has 1 amide bonds. The van der Waals surface area contributed by atoms with E-state index in [0.29, 0.717) is 5.89 Å². The van der Waals surface area contributed by atoms with Crippen LogP contribution in [0.25, 0.3) is 22.4 Å². The van der Waals surface area contributed by atoms with E-state index in [4.69, 9.17) is 4.42 Å². The van der Waals surface area contributed by atoms with Crippen LogP contribution >= 0.6 is 11.8 Å². The van der Waals surface area contributed by atoms with Gasteiger partial charge in [-0.25, -0.2) is 0 Å². The molecule has 2 aromatic carbocycles. The normalized spacial score (nSPS) is 12.8. The SMILES string of the molecule is CC(Sc1nnc(-c2c[nH]c3ccccc23)o1)C(=O)Nc1cccc(C(F)(F)F)c1. The Morgan fingerprint density at radius 3 is 2.77 bits per heavy atom. The van der Waals surface area contributed by atoms with Crippen molar-refractivity contribution in [3.63, 3.8) is 0 Å². The Bertz CT molecular complexity index is 1200. The molecule has 0 spiro atoms. The number of nitrogens with zero attached hydrogens (tertiary/aromatic N) is 2. The van der Waals surface area contributed by atoms with Crippen molar-refractivity contribution in [3.05, 3.63) is 60.3 Å². The highest BCUT2D eigenvalue weighted by atomic mass is 32.2. The molecule has 2 N–H and O–H groups in total. The smallest absolute Gasteiger partial charge is 0.411 e. The summed E-state index contributed by atoms with van der Waals surface area (Å²) in [5.74, 6) is -0.174. The number of anilines is 1. The summed E-state index contributed by atoms with van der Waals surface area (Å²) in [6, 6.07) is 12.1. The first-order chi connectivity index (χ1) is 14.3. The largest absolute Gasteiger partial charge is 0.416 e. The lowest BCUT2D eigenvalue weighted by atomic mass is 10.2. The predicted molar refractivity (Wildman–Crippen MR) is 107 cm³/mol. The van der Waals surface area contributed by atoms with E-state index >= 15 is 0 Å². The molecule has 0 aliphatic rings. The van der Waals surface area contributed by atoms with E-state index in [1.807, 2.05) is 24.3 Å². The number of alkyl halides is 3. The monoisotopic (exact) mass is 432 g/mol. The fourth-order valence-electron chi connectivity index (χ4n) is 2.84. The lowest BCUT2D eigenvalue weighted by Gasteiger charge is -2.12. The van der Waals surface area contributed by atoms with Gasteiger partial charge in [0.1, 0.15) is 0 Å². The van der Waals surface area contributed by atoms with Crippen LogP contribution in [0.4, 0.5) is 18.9 Å². The number of aromatic amines is 1. The second-order valence-corrected chi connectivity index (χ2v) is 7.74. The van der Waals surface area contributed by atoms with Crippen molar-refractivity contribution in [3.8, 4) is 11.5 Å². The summed E-state index contributed by atoms with van der Waals surface area (Å²) in [5.41, 5.74) is 0.896. The number of halogens is 3. The number of hydrogen-bond acceptors (Lipinski definition) is 5. The van der Waals surface area contributed by atoms with Gasteiger partial charge in [0, 0.05) is 22.8 Å². The van der Waals surface area contributed by atoms with Crippen LogP contribution in [0.5, 0.6) is 0 Å². The zero-order chi connectivity index (χ0) is 21.3. The van der Waals surface area contributed by atoms with Gasteiger partial charge in [-0.15, -0.1) is 10.2 Å². The van der Waals surface area contributed by atoms with Crippen LogP contribution in [0, 0.1) is 0 Å². The highest BCUT2D eigenvalue weighted by Gasteiger charge is 2.30. The lowest BCUT2D eigenvalue weighted by molar-refractivity contribution is -0.137. The van der Waals surface area contributed by atoms with Gasteiger partial charge in [0.25, 0.3) is 11.1 Å². The van der Waals surface area contributed by atoms with E-state index in [1.54, 1.807) is 13.1 Å². The average Bonchev–Trinajstić information content (AvgIpc) is 3.34. The minimum absolute atomic E-state index is 0.0623. The molecule has 30 heavy (non-hydrogen) atoms. The summed E-state index contributed by atoms with van der Waals surface area (Å²) < 4.78 is 44.1. The maximum absolute atomic E-state index is 12.8. The zero-order valence-electron chi connectivity index (χ0n) is 15.5. The fraction of sp³-hybridized carbons (Fsp3) is 0.150. The van der Waals surface area contributed by atoms with Crippen LogP contribution in [-0.2, 0) is 11.0 Å². The van der Waals surface area contributed by atoms with E-state index in [-0.39, 0.29) is 10.9 Å². The molecular formula is C20H15F3N4O2S. The van der Waals surface area contributed by atoms with Crippen molar-refractivity contribution in [2.75, 3.05) is 5.32 Å². The number of para-hydroxylation sites is 1. The third kappa shape index (κ3) is 4.18. The number of thioether (sulfide) groups is 1. The molecule has 0 fully saturated rings. The molecule has 6 nitrogen and oxygen atoms in total. The highest BCUT2D eigenvalue weighted by molar-refractivity contribution is 8.00. The van der Waals surface area contributed by atoms with E-state index in [9.17, 15) is 18.0 Å².